The van der Waals surface area contributed by atoms with Gasteiger partial charge in [0.2, 0.25) is 0 Å². The second-order valence-electron chi connectivity index (χ2n) is 8.57. The number of nitrogens with one attached hydrogen (secondary N) is 2. The maximum absolute atomic E-state index is 13.3. The summed E-state index contributed by atoms with van der Waals surface area (Å²) in [5, 5.41) is 24.0. The van der Waals surface area contributed by atoms with Crippen molar-refractivity contribution in [1.82, 2.24) is 10.2 Å². The maximum Gasteiger partial charge on any atom is 0.269 e. The van der Waals surface area contributed by atoms with Gasteiger partial charge in [0.25, 0.3) is 5.69 Å². The number of ketones is 1. The molecule has 0 unspecified atom stereocenters. The highest BCUT2D eigenvalue weighted by Crippen LogP contribution is 2.51. The summed E-state index contributed by atoms with van der Waals surface area (Å²) in [5.41, 5.74) is 4.18. The van der Waals surface area contributed by atoms with Gasteiger partial charge in [-0.15, -0.1) is 11.3 Å². The number of fused-ring (bicyclic) bond motifs is 1. The Kier molecular flexibility index (Phi) is 4.14. The SMILES string of the molecule is CC1(C)CC(=O)C2=C(C1)Nc1n[nH]c(-c3ccc([N+](=O)[O-])cc3)c1[C@@H]2c1cccs1. The molecule has 0 spiro atoms. The first kappa shape index (κ1) is 18.7. The molecule has 0 radical (unpaired) electrons. The largest absolute Gasteiger partial charge is 0.342 e. The number of nitro groups is 1. The second kappa shape index (κ2) is 6.63. The summed E-state index contributed by atoms with van der Waals surface area (Å²) in [4.78, 5) is 24.9. The van der Waals surface area contributed by atoms with Gasteiger partial charge in [-0.05, 0) is 35.4 Å². The van der Waals surface area contributed by atoms with Gasteiger partial charge in [0.05, 0.1) is 16.5 Å². The second-order valence-corrected chi connectivity index (χ2v) is 9.55. The van der Waals surface area contributed by atoms with Crippen molar-refractivity contribution in [2.24, 2.45) is 5.41 Å². The quantitative estimate of drug-likeness (QED) is 0.445. The van der Waals surface area contributed by atoms with Crippen LogP contribution in [0.25, 0.3) is 11.3 Å². The Morgan fingerprint density at radius 1 is 1.20 bits per heavy atom. The number of rotatable bonds is 3. The number of hydrogen-bond donors (Lipinski definition) is 2. The number of anilines is 1. The number of carbonyl (C=O) groups excluding carboxylic acids is 1. The molecule has 7 nitrogen and oxygen atoms in total. The van der Waals surface area contributed by atoms with Crippen molar-refractivity contribution in [3.63, 3.8) is 0 Å². The monoisotopic (exact) mass is 420 g/mol. The van der Waals surface area contributed by atoms with Gasteiger partial charge in [0.1, 0.15) is 0 Å². The molecule has 30 heavy (non-hydrogen) atoms. The van der Waals surface area contributed by atoms with Gasteiger partial charge in [-0.3, -0.25) is 20.0 Å². The number of nitro benzene ring substituents is 1. The third-order valence-corrected chi connectivity index (χ3v) is 6.70. The molecule has 1 atom stereocenters. The molecule has 0 amide bonds. The van der Waals surface area contributed by atoms with E-state index in [4.69, 9.17) is 0 Å². The van der Waals surface area contributed by atoms with E-state index in [9.17, 15) is 14.9 Å². The number of H-pyrrole nitrogens is 1. The van der Waals surface area contributed by atoms with Crippen LogP contribution in [0.3, 0.4) is 0 Å². The number of non-ortho nitro benzene ring substituents is 1. The molecule has 0 saturated carbocycles. The molecule has 0 fully saturated rings. The molecule has 3 aromatic rings. The molecule has 1 aliphatic carbocycles. The lowest BCUT2D eigenvalue weighted by atomic mass is 9.70. The topological polar surface area (TPSA) is 101 Å². The van der Waals surface area contributed by atoms with Crippen molar-refractivity contribution in [3.05, 3.63) is 73.6 Å². The van der Waals surface area contributed by atoms with Gasteiger partial charge in [0.15, 0.2) is 11.6 Å². The zero-order chi connectivity index (χ0) is 21.0. The highest BCUT2D eigenvalue weighted by molar-refractivity contribution is 7.10. The molecule has 8 heteroatoms. The van der Waals surface area contributed by atoms with Gasteiger partial charge in [-0.1, -0.05) is 19.9 Å². The zero-order valence-electron chi connectivity index (χ0n) is 16.6. The Hall–Kier alpha value is -3.26. The van der Waals surface area contributed by atoms with E-state index >= 15 is 0 Å². The standard InChI is InChI=1S/C22H20N4O3S/c1-22(2)10-14-17(15(27)11-22)18(16-4-3-9-30-16)19-20(24-25-21(19)23-14)12-5-7-13(8-6-12)26(28)29/h3-9,18H,10-11H2,1-2H3,(H2,23,24,25)/t18-/m1/s1. The third kappa shape index (κ3) is 2.95. The minimum Gasteiger partial charge on any atom is -0.342 e. The predicted molar refractivity (Wildman–Crippen MR) is 116 cm³/mol. The molecule has 0 saturated heterocycles. The van der Waals surface area contributed by atoms with Crippen molar-refractivity contribution in [2.45, 2.75) is 32.6 Å². The molecular formula is C22H20N4O3S. The highest BCUT2D eigenvalue weighted by atomic mass is 32.1. The summed E-state index contributed by atoms with van der Waals surface area (Å²) in [6, 6.07) is 10.4. The minimum absolute atomic E-state index is 0.0368. The molecule has 2 aromatic heterocycles. The van der Waals surface area contributed by atoms with Crippen LogP contribution >= 0.6 is 11.3 Å². The third-order valence-electron chi connectivity index (χ3n) is 5.77. The molecule has 1 aliphatic heterocycles. The van der Waals surface area contributed by atoms with Crippen LogP contribution in [0.2, 0.25) is 0 Å². The fourth-order valence-electron chi connectivity index (χ4n) is 4.51. The van der Waals surface area contributed by atoms with E-state index in [1.54, 1.807) is 23.5 Å². The van der Waals surface area contributed by atoms with Crippen molar-refractivity contribution in [1.29, 1.82) is 0 Å². The summed E-state index contributed by atoms with van der Waals surface area (Å²) >= 11 is 1.62. The molecule has 5 rings (SSSR count). The van der Waals surface area contributed by atoms with Crippen LogP contribution in [0.5, 0.6) is 0 Å². The van der Waals surface area contributed by atoms with Crippen molar-refractivity contribution < 1.29 is 9.72 Å². The van der Waals surface area contributed by atoms with E-state index in [-0.39, 0.29) is 22.8 Å². The summed E-state index contributed by atoms with van der Waals surface area (Å²) in [6.07, 6.45) is 1.30. The van der Waals surface area contributed by atoms with Crippen LogP contribution in [-0.2, 0) is 4.79 Å². The van der Waals surface area contributed by atoms with Crippen LogP contribution in [0, 0.1) is 15.5 Å². The van der Waals surface area contributed by atoms with E-state index in [0.717, 1.165) is 39.4 Å². The smallest absolute Gasteiger partial charge is 0.269 e. The van der Waals surface area contributed by atoms with Crippen LogP contribution in [0.15, 0.2) is 53.0 Å². The number of carbonyl (C=O) groups is 1. The van der Waals surface area contributed by atoms with Gasteiger partial charge >= 0.3 is 0 Å². The molecule has 152 valence electrons. The van der Waals surface area contributed by atoms with Gasteiger partial charge in [0, 0.05) is 45.8 Å². The summed E-state index contributed by atoms with van der Waals surface area (Å²) in [5.74, 6) is 0.670. The number of allylic oxidation sites excluding steroid dienone is 2. The molecule has 2 N–H and O–H groups in total. The Labute approximate surface area is 177 Å². The molecule has 0 bridgehead atoms. The Balaban J connectivity index is 1.68. The molecule has 2 aliphatic rings. The molecular weight excluding hydrogens is 400 g/mol. The van der Waals surface area contributed by atoms with Crippen molar-refractivity contribution in [3.8, 4) is 11.3 Å². The Bertz CT molecular complexity index is 1190. The number of Topliss-reactive ketones (excluding diaryl/α,β-unsaturated/α-hetero) is 1. The Morgan fingerprint density at radius 3 is 2.63 bits per heavy atom. The average molecular weight is 420 g/mol. The molecule has 3 heterocycles. The van der Waals surface area contributed by atoms with E-state index in [0.29, 0.717) is 12.2 Å². The lowest BCUT2D eigenvalue weighted by Gasteiger charge is -2.37. The first-order valence-electron chi connectivity index (χ1n) is 9.74. The summed E-state index contributed by atoms with van der Waals surface area (Å²) < 4.78 is 0. The fraction of sp³-hybridized carbons (Fsp3) is 0.273. The van der Waals surface area contributed by atoms with Crippen LogP contribution in [0.1, 0.15) is 43.0 Å². The van der Waals surface area contributed by atoms with Crippen molar-refractivity contribution in [2.75, 3.05) is 5.32 Å². The first-order valence-corrected chi connectivity index (χ1v) is 10.6. The maximum atomic E-state index is 13.3. The van der Waals surface area contributed by atoms with Crippen molar-refractivity contribution >= 4 is 28.6 Å². The van der Waals surface area contributed by atoms with E-state index in [1.807, 2.05) is 11.4 Å². The van der Waals surface area contributed by atoms with Gasteiger partial charge in [-0.2, -0.15) is 5.10 Å². The van der Waals surface area contributed by atoms with E-state index in [1.165, 1.54) is 12.1 Å². The van der Waals surface area contributed by atoms with Crippen LogP contribution in [0.4, 0.5) is 11.5 Å². The zero-order valence-corrected chi connectivity index (χ0v) is 17.4. The molecule has 1 aromatic carbocycles. The Morgan fingerprint density at radius 2 is 1.97 bits per heavy atom. The van der Waals surface area contributed by atoms with Crippen LogP contribution < -0.4 is 5.32 Å². The average Bonchev–Trinajstić information content (AvgIpc) is 3.35. The fourth-order valence-corrected chi connectivity index (χ4v) is 5.35. The summed E-state index contributed by atoms with van der Waals surface area (Å²) in [6.45, 7) is 4.22. The van der Waals surface area contributed by atoms with Crippen LogP contribution in [-0.4, -0.2) is 20.9 Å². The normalized spacial score (nSPS) is 19.8. The summed E-state index contributed by atoms with van der Waals surface area (Å²) in [7, 11) is 0. The van der Waals surface area contributed by atoms with E-state index < -0.39 is 4.92 Å². The lowest BCUT2D eigenvalue weighted by molar-refractivity contribution is -0.384. The number of aromatic amines is 1. The van der Waals surface area contributed by atoms with Gasteiger partial charge < -0.3 is 5.32 Å². The minimum atomic E-state index is -0.415. The van der Waals surface area contributed by atoms with Gasteiger partial charge in [-0.25, -0.2) is 0 Å². The predicted octanol–water partition coefficient (Wildman–Crippen LogP) is 5.25. The number of hydrogen-bond acceptors (Lipinski definition) is 6. The number of aromatic nitrogens is 2. The highest BCUT2D eigenvalue weighted by Gasteiger charge is 2.43. The number of benzene rings is 1. The lowest BCUT2D eigenvalue weighted by Crippen LogP contribution is -2.33. The van der Waals surface area contributed by atoms with E-state index in [2.05, 4.69) is 35.4 Å². The number of nitrogens with zero attached hydrogens (tertiary/aromatic N) is 2. The number of thiophene rings is 1. The first-order chi connectivity index (χ1) is 14.3.